The van der Waals surface area contributed by atoms with E-state index in [0.29, 0.717) is 28.0 Å². The average Bonchev–Trinajstić information content (AvgIpc) is 3.59. The summed E-state index contributed by atoms with van der Waals surface area (Å²) in [5, 5.41) is 9.20. The third kappa shape index (κ3) is 4.91. The number of nitrogens with one attached hydrogen (secondary N) is 2. The molecule has 6 rings (SSSR count). The fourth-order valence-electron chi connectivity index (χ4n) is 5.23. The van der Waals surface area contributed by atoms with Crippen LogP contribution in [0.25, 0.3) is 5.65 Å². The predicted octanol–water partition coefficient (Wildman–Crippen LogP) is 2.82. The molecule has 0 radical (unpaired) electrons. The van der Waals surface area contributed by atoms with E-state index in [-0.39, 0.29) is 25.3 Å². The molecule has 0 spiro atoms. The van der Waals surface area contributed by atoms with Crippen LogP contribution in [0.4, 0.5) is 8.78 Å². The Morgan fingerprint density at radius 3 is 2.64 bits per heavy atom. The lowest BCUT2D eigenvalue weighted by molar-refractivity contribution is -0.138. The van der Waals surface area contributed by atoms with Gasteiger partial charge in [0.2, 0.25) is 17.8 Å². The molecule has 1 aromatic carbocycles. The van der Waals surface area contributed by atoms with Gasteiger partial charge in [0.05, 0.1) is 24.7 Å². The first-order chi connectivity index (χ1) is 18.9. The predicted molar refractivity (Wildman–Crippen MR) is 137 cm³/mol. The Kier molecular flexibility index (Phi) is 6.41. The average molecular weight is 533 g/mol. The van der Waals surface area contributed by atoms with Gasteiger partial charge < -0.3 is 10.2 Å². The van der Waals surface area contributed by atoms with Crippen LogP contribution < -0.4 is 11.0 Å². The maximum Gasteiger partial charge on any atom is 0.347 e. The molecule has 0 bridgehead atoms. The molecule has 2 amide bonds. The van der Waals surface area contributed by atoms with Gasteiger partial charge in [-0.3, -0.25) is 14.0 Å². The van der Waals surface area contributed by atoms with Gasteiger partial charge in [-0.15, -0.1) is 0 Å². The van der Waals surface area contributed by atoms with Crippen LogP contribution in [0.2, 0.25) is 0 Å². The van der Waals surface area contributed by atoms with Crippen molar-refractivity contribution in [3.05, 3.63) is 99.6 Å². The molecule has 3 aromatic heterocycles. The lowest BCUT2D eigenvalue weighted by Crippen LogP contribution is -2.47. The Balaban J connectivity index is 1.25. The molecular formula is C28H26F2N6O3. The van der Waals surface area contributed by atoms with Crippen LogP contribution in [-0.2, 0) is 16.0 Å². The number of amides is 2. The lowest BCUT2D eigenvalue weighted by Gasteiger charge is -2.27. The third-order valence-electron chi connectivity index (χ3n) is 7.37. The van der Waals surface area contributed by atoms with Gasteiger partial charge in [0.25, 0.3) is 0 Å². The molecule has 1 saturated heterocycles. The van der Waals surface area contributed by atoms with Crippen LogP contribution in [-0.4, -0.2) is 55.1 Å². The molecule has 200 valence electrons. The first-order valence-corrected chi connectivity index (χ1v) is 12.9. The molecule has 4 heterocycles. The van der Waals surface area contributed by atoms with Crippen LogP contribution in [0, 0.1) is 5.95 Å². The van der Waals surface area contributed by atoms with Gasteiger partial charge >= 0.3 is 5.69 Å². The first kappa shape index (κ1) is 24.9. The summed E-state index contributed by atoms with van der Waals surface area (Å²) in [6, 6.07) is 13.8. The number of aromatic nitrogens is 4. The third-order valence-corrected chi connectivity index (χ3v) is 7.37. The maximum absolute atomic E-state index is 14.8. The van der Waals surface area contributed by atoms with E-state index >= 15 is 0 Å². The molecule has 2 aliphatic rings. The molecule has 4 aromatic rings. The highest BCUT2D eigenvalue weighted by molar-refractivity contribution is 5.90. The Labute approximate surface area is 221 Å². The number of likely N-dealkylation sites (tertiary alicyclic amines) is 1. The number of pyridine rings is 2. The zero-order valence-corrected chi connectivity index (χ0v) is 20.9. The minimum absolute atomic E-state index is 0.159. The number of rotatable bonds is 7. The van der Waals surface area contributed by atoms with Gasteiger partial charge in [-0.05, 0) is 36.5 Å². The summed E-state index contributed by atoms with van der Waals surface area (Å²) in [5.41, 5.74) is 1.89. The van der Waals surface area contributed by atoms with Gasteiger partial charge in [0.1, 0.15) is 12.2 Å². The Morgan fingerprint density at radius 1 is 1.10 bits per heavy atom. The molecule has 39 heavy (non-hydrogen) atoms. The van der Waals surface area contributed by atoms with E-state index in [1.165, 1.54) is 15.5 Å². The van der Waals surface area contributed by atoms with E-state index < -0.39 is 41.7 Å². The summed E-state index contributed by atoms with van der Waals surface area (Å²) >= 11 is 0. The van der Waals surface area contributed by atoms with Gasteiger partial charge in [-0.2, -0.15) is 9.49 Å². The number of halogens is 2. The topological polar surface area (TPSA) is 112 Å². The van der Waals surface area contributed by atoms with Crippen molar-refractivity contribution in [2.75, 3.05) is 6.54 Å². The summed E-state index contributed by atoms with van der Waals surface area (Å²) in [6.45, 7) is -0.230. The zero-order valence-electron chi connectivity index (χ0n) is 20.9. The van der Waals surface area contributed by atoms with Crippen molar-refractivity contribution in [2.45, 2.75) is 49.9 Å². The normalized spacial score (nSPS) is 19.8. The molecule has 9 nitrogen and oxygen atoms in total. The lowest BCUT2D eigenvalue weighted by atomic mass is 10.0. The van der Waals surface area contributed by atoms with Gasteiger partial charge in [0.15, 0.2) is 5.65 Å². The van der Waals surface area contributed by atoms with E-state index in [1.54, 1.807) is 48.5 Å². The van der Waals surface area contributed by atoms with Crippen molar-refractivity contribution < 1.29 is 18.4 Å². The second-order valence-electron chi connectivity index (χ2n) is 10.1. The molecule has 2 N–H and O–H groups in total. The fourth-order valence-corrected chi connectivity index (χ4v) is 5.23. The van der Waals surface area contributed by atoms with Crippen LogP contribution in [0.3, 0.4) is 0 Å². The van der Waals surface area contributed by atoms with Crippen LogP contribution in [0.15, 0.2) is 65.6 Å². The summed E-state index contributed by atoms with van der Waals surface area (Å²) in [6.07, 6.45) is 1.68. The smallest absolute Gasteiger partial charge is 0.342 e. The maximum atomic E-state index is 14.8. The van der Waals surface area contributed by atoms with E-state index in [9.17, 15) is 23.2 Å². The Bertz CT molecular complexity index is 1600. The van der Waals surface area contributed by atoms with Crippen molar-refractivity contribution in [1.82, 2.24) is 29.8 Å². The standard InChI is InChI=1S/C28H26F2N6O3/c29-19-14-22(36(15-19)23(37)13-18-7-4-12-35-26(18)33-34-28(35)39)27(38)32-24(17-5-2-1-3-6-17)21-11-10-20(16-8-9-16)25(30)31-21/h1-7,10-12,16,19,22,24H,8-9,13-15H2,(H,32,38)(H,34,39)/t19-,22+,24+/m1/s1. The van der Waals surface area contributed by atoms with Crippen LogP contribution >= 0.6 is 0 Å². The fraction of sp³-hybridized carbons (Fsp3) is 0.321. The number of carbonyl (C=O) groups excluding carboxylic acids is 2. The SMILES string of the molecule is O=C(N[C@@H](c1ccccc1)c1ccc(C2CC2)c(F)n1)[C@@H]1C[C@@H](F)CN1C(=O)Cc1cccn2c(=O)[nH]nc12. The molecule has 0 unspecified atom stereocenters. The van der Waals surface area contributed by atoms with Crippen molar-refractivity contribution in [1.29, 1.82) is 0 Å². The van der Waals surface area contributed by atoms with Gasteiger partial charge in [0, 0.05) is 23.7 Å². The van der Waals surface area contributed by atoms with E-state index in [2.05, 4.69) is 20.5 Å². The first-order valence-electron chi connectivity index (χ1n) is 12.9. The summed E-state index contributed by atoms with van der Waals surface area (Å²) in [7, 11) is 0. The van der Waals surface area contributed by atoms with Crippen molar-refractivity contribution in [3.8, 4) is 0 Å². The van der Waals surface area contributed by atoms with E-state index in [1.807, 2.05) is 6.07 Å². The number of aromatic amines is 1. The van der Waals surface area contributed by atoms with E-state index in [4.69, 9.17) is 0 Å². The number of hydrogen-bond acceptors (Lipinski definition) is 5. The second kappa shape index (κ2) is 10.0. The summed E-state index contributed by atoms with van der Waals surface area (Å²) in [5.74, 6) is -1.40. The minimum Gasteiger partial charge on any atom is -0.342 e. The Hall–Kier alpha value is -4.41. The van der Waals surface area contributed by atoms with E-state index in [0.717, 1.165) is 12.8 Å². The number of H-pyrrole nitrogens is 1. The largest absolute Gasteiger partial charge is 0.347 e. The molecule has 1 aliphatic carbocycles. The van der Waals surface area contributed by atoms with Crippen molar-refractivity contribution in [2.24, 2.45) is 0 Å². The monoisotopic (exact) mass is 532 g/mol. The number of benzene rings is 1. The van der Waals surface area contributed by atoms with Crippen LogP contribution in [0.5, 0.6) is 0 Å². The number of carbonyl (C=O) groups is 2. The second-order valence-corrected chi connectivity index (χ2v) is 10.1. The number of hydrogen-bond donors (Lipinski definition) is 2. The minimum atomic E-state index is -1.38. The number of fused-ring (bicyclic) bond motifs is 1. The molecular weight excluding hydrogens is 506 g/mol. The quantitative estimate of drug-likeness (QED) is 0.356. The molecule has 2 fully saturated rings. The molecule has 3 atom stereocenters. The highest BCUT2D eigenvalue weighted by Gasteiger charge is 2.41. The number of nitrogens with zero attached hydrogens (tertiary/aromatic N) is 4. The Morgan fingerprint density at radius 2 is 1.90 bits per heavy atom. The van der Waals surface area contributed by atoms with Crippen molar-refractivity contribution in [3.63, 3.8) is 0 Å². The highest BCUT2D eigenvalue weighted by Crippen LogP contribution is 2.41. The highest BCUT2D eigenvalue weighted by atomic mass is 19.1. The van der Waals surface area contributed by atoms with Crippen LogP contribution in [0.1, 0.15) is 53.6 Å². The number of alkyl halides is 1. The zero-order chi connectivity index (χ0) is 27.1. The summed E-state index contributed by atoms with van der Waals surface area (Å²) in [4.78, 5) is 44.1. The molecule has 1 aliphatic heterocycles. The summed E-state index contributed by atoms with van der Waals surface area (Å²) < 4.78 is 30.7. The molecule has 11 heteroatoms. The van der Waals surface area contributed by atoms with Gasteiger partial charge in [-0.25, -0.2) is 19.3 Å². The molecule has 1 saturated carbocycles. The van der Waals surface area contributed by atoms with Crippen molar-refractivity contribution >= 4 is 17.5 Å². The van der Waals surface area contributed by atoms with Gasteiger partial charge in [-0.1, -0.05) is 42.5 Å².